The summed E-state index contributed by atoms with van der Waals surface area (Å²) in [7, 11) is 0. The summed E-state index contributed by atoms with van der Waals surface area (Å²) in [6.45, 7) is 5.95. The first kappa shape index (κ1) is 24.8. The van der Waals surface area contributed by atoms with Gasteiger partial charge >= 0.3 is 0 Å². The third kappa shape index (κ3) is 4.51. The standard InChI is InChI=1S/C36H38O2/c1-3-5-7-13-19-37-32-23-30-31(24-33(32)38-20-14-8-6-4-2)36-29-18-12-10-16-26(29)22-27-21-25-15-9-11-17-28(25)35(30)34(27)36/h9-12,15-18,21-24H,3-8,13-14,19-20H2,1-2H3. The molecule has 0 saturated heterocycles. The van der Waals surface area contributed by atoms with Gasteiger partial charge in [-0.2, -0.15) is 0 Å². The number of rotatable bonds is 12. The van der Waals surface area contributed by atoms with E-state index in [2.05, 4.69) is 86.6 Å². The Morgan fingerprint density at radius 2 is 0.974 bits per heavy atom. The Morgan fingerprint density at radius 3 is 1.45 bits per heavy atom. The van der Waals surface area contributed by atoms with Crippen molar-refractivity contribution in [2.24, 2.45) is 0 Å². The molecule has 0 aliphatic heterocycles. The maximum absolute atomic E-state index is 6.46. The van der Waals surface area contributed by atoms with Crippen LogP contribution in [-0.4, -0.2) is 13.2 Å². The molecule has 6 rings (SSSR count). The summed E-state index contributed by atoms with van der Waals surface area (Å²) >= 11 is 0. The topological polar surface area (TPSA) is 18.5 Å². The molecular formula is C36H38O2. The summed E-state index contributed by atoms with van der Waals surface area (Å²) in [6.07, 6.45) is 9.53. The molecule has 0 N–H and O–H groups in total. The molecule has 0 saturated carbocycles. The molecule has 2 nitrogen and oxygen atoms in total. The van der Waals surface area contributed by atoms with E-state index >= 15 is 0 Å². The number of unbranched alkanes of at least 4 members (excludes halogenated alkanes) is 6. The van der Waals surface area contributed by atoms with Crippen molar-refractivity contribution in [3.63, 3.8) is 0 Å². The van der Waals surface area contributed by atoms with E-state index in [-0.39, 0.29) is 0 Å². The second-order valence-corrected chi connectivity index (χ2v) is 10.7. The van der Waals surface area contributed by atoms with Crippen molar-refractivity contribution in [3.05, 3.63) is 72.8 Å². The molecule has 1 aliphatic rings. The molecule has 1 aliphatic carbocycles. The van der Waals surface area contributed by atoms with E-state index in [1.807, 2.05) is 0 Å². The van der Waals surface area contributed by atoms with Gasteiger partial charge in [0.05, 0.1) is 13.2 Å². The van der Waals surface area contributed by atoms with Gasteiger partial charge in [0.15, 0.2) is 11.5 Å². The van der Waals surface area contributed by atoms with Crippen LogP contribution in [-0.2, 0) is 0 Å². The number of hydrogen-bond acceptors (Lipinski definition) is 2. The van der Waals surface area contributed by atoms with Crippen molar-refractivity contribution < 1.29 is 9.47 Å². The lowest BCUT2D eigenvalue weighted by Crippen LogP contribution is -2.03. The van der Waals surface area contributed by atoms with E-state index in [4.69, 9.17) is 9.47 Å². The minimum Gasteiger partial charge on any atom is -0.490 e. The molecule has 2 heteroatoms. The average Bonchev–Trinajstić information content (AvgIpc) is 3.28. The molecule has 0 radical (unpaired) electrons. The van der Waals surface area contributed by atoms with Crippen LogP contribution in [0, 0.1) is 0 Å². The summed E-state index contributed by atoms with van der Waals surface area (Å²) in [6, 6.07) is 26.8. The summed E-state index contributed by atoms with van der Waals surface area (Å²) in [5.74, 6) is 1.77. The molecular weight excluding hydrogens is 464 g/mol. The molecule has 0 fully saturated rings. The van der Waals surface area contributed by atoms with Crippen LogP contribution in [0.25, 0.3) is 54.6 Å². The van der Waals surface area contributed by atoms with Gasteiger partial charge in [0, 0.05) is 0 Å². The van der Waals surface area contributed by atoms with Crippen LogP contribution in [0.2, 0.25) is 0 Å². The minimum atomic E-state index is 0.728. The van der Waals surface area contributed by atoms with Crippen molar-refractivity contribution in [1.82, 2.24) is 0 Å². The van der Waals surface area contributed by atoms with Gasteiger partial charge in [-0.25, -0.2) is 0 Å². The zero-order valence-electron chi connectivity index (χ0n) is 22.8. The summed E-state index contributed by atoms with van der Waals surface area (Å²) in [5, 5.41) is 7.82. The SMILES string of the molecule is CCCCCCOc1cc2c(cc1OCCCCCC)-c1c3ccccc3cc3cc4ccccc4c-2c13. The van der Waals surface area contributed by atoms with Gasteiger partial charge in [-0.3, -0.25) is 0 Å². The smallest absolute Gasteiger partial charge is 0.161 e. The molecule has 0 unspecified atom stereocenters. The Kier molecular flexibility index (Phi) is 7.22. The molecule has 0 bridgehead atoms. The molecule has 194 valence electrons. The van der Waals surface area contributed by atoms with Crippen LogP contribution < -0.4 is 9.47 Å². The third-order valence-corrected chi connectivity index (χ3v) is 8.00. The van der Waals surface area contributed by atoms with Crippen molar-refractivity contribution >= 4 is 32.3 Å². The maximum atomic E-state index is 6.46. The number of hydrogen-bond donors (Lipinski definition) is 0. The van der Waals surface area contributed by atoms with E-state index in [9.17, 15) is 0 Å². The Balaban J connectivity index is 1.51. The normalized spacial score (nSPS) is 11.9. The van der Waals surface area contributed by atoms with E-state index in [1.165, 1.54) is 93.1 Å². The number of ether oxygens (including phenoxy) is 2. The zero-order valence-corrected chi connectivity index (χ0v) is 22.8. The van der Waals surface area contributed by atoms with Crippen LogP contribution in [0.4, 0.5) is 0 Å². The highest BCUT2D eigenvalue weighted by molar-refractivity contribution is 6.29. The van der Waals surface area contributed by atoms with Crippen LogP contribution >= 0.6 is 0 Å². The molecule has 0 aromatic heterocycles. The first-order chi connectivity index (χ1) is 18.8. The molecule has 0 amide bonds. The first-order valence-corrected chi connectivity index (χ1v) is 14.6. The van der Waals surface area contributed by atoms with Crippen molar-refractivity contribution in [1.29, 1.82) is 0 Å². The van der Waals surface area contributed by atoms with E-state index < -0.39 is 0 Å². The molecule has 38 heavy (non-hydrogen) atoms. The highest BCUT2D eigenvalue weighted by atomic mass is 16.5. The Labute approximate surface area is 226 Å². The fourth-order valence-electron chi connectivity index (χ4n) is 6.09. The average molecular weight is 503 g/mol. The lowest BCUT2D eigenvalue weighted by atomic mass is 9.93. The summed E-state index contributed by atoms with van der Waals surface area (Å²) in [4.78, 5) is 0. The van der Waals surface area contributed by atoms with Crippen molar-refractivity contribution in [2.75, 3.05) is 13.2 Å². The van der Waals surface area contributed by atoms with Gasteiger partial charge in [-0.1, -0.05) is 101 Å². The molecule has 5 aromatic carbocycles. The third-order valence-electron chi connectivity index (χ3n) is 8.00. The van der Waals surface area contributed by atoms with Crippen molar-refractivity contribution in [2.45, 2.75) is 65.2 Å². The van der Waals surface area contributed by atoms with Crippen LogP contribution in [0.5, 0.6) is 11.5 Å². The Hall–Kier alpha value is -3.52. The van der Waals surface area contributed by atoms with Gasteiger partial charge in [0.25, 0.3) is 0 Å². The van der Waals surface area contributed by atoms with Crippen LogP contribution in [0.1, 0.15) is 65.2 Å². The molecule has 0 heterocycles. The second-order valence-electron chi connectivity index (χ2n) is 10.7. The Morgan fingerprint density at radius 1 is 0.500 bits per heavy atom. The molecule has 0 spiro atoms. The summed E-state index contributed by atoms with van der Waals surface area (Å²) in [5.41, 5.74) is 5.19. The van der Waals surface area contributed by atoms with E-state index in [0.29, 0.717) is 0 Å². The second kappa shape index (κ2) is 11.1. The number of fused-ring (bicyclic) bond motifs is 7. The predicted octanol–water partition coefficient (Wildman–Crippen LogP) is 10.7. The van der Waals surface area contributed by atoms with Gasteiger partial charge in [0.1, 0.15) is 0 Å². The van der Waals surface area contributed by atoms with E-state index in [0.717, 1.165) is 37.6 Å². The maximum Gasteiger partial charge on any atom is 0.161 e. The Bertz CT molecular complexity index is 1480. The highest BCUT2D eigenvalue weighted by Crippen LogP contribution is 2.55. The monoisotopic (exact) mass is 502 g/mol. The molecule has 5 aromatic rings. The minimum absolute atomic E-state index is 0.728. The van der Waals surface area contributed by atoms with E-state index in [1.54, 1.807) is 0 Å². The van der Waals surface area contributed by atoms with Gasteiger partial charge in [-0.15, -0.1) is 0 Å². The van der Waals surface area contributed by atoms with Gasteiger partial charge in [0.2, 0.25) is 0 Å². The predicted molar refractivity (Wildman–Crippen MR) is 163 cm³/mol. The lowest BCUT2D eigenvalue weighted by molar-refractivity contribution is 0.259. The van der Waals surface area contributed by atoms with Crippen LogP contribution in [0.15, 0.2) is 72.8 Å². The van der Waals surface area contributed by atoms with Gasteiger partial charge < -0.3 is 9.47 Å². The lowest BCUT2D eigenvalue weighted by Gasteiger charge is -2.16. The quantitative estimate of drug-likeness (QED) is 0.122. The van der Waals surface area contributed by atoms with Gasteiger partial charge in [-0.05, 0) is 91.7 Å². The van der Waals surface area contributed by atoms with Crippen molar-refractivity contribution in [3.8, 4) is 33.8 Å². The number of benzene rings is 5. The fraction of sp³-hybridized carbons (Fsp3) is 0.333. The fourth-order valence-corrected chi connectivity index (χ4v) is 6.09. The molecule has 0 atom stereocenters. The largest absolute Gasteiger partial charge is 0.490 e. The summed E-state index contributed by atoms with van der Waals surface area (Å²) < 4.78 is 12.9. The highest BCUT2D eigenvalue weighted by Gasteiger charge is 2.28. The first-order valence-electron chi connectivity index (χ1n) is 14.6. The van der Waals surface area contributed by atoms with Crippen LogP contribution in [0.3, 0.4) is 0 Å². The zero-order chi connectivity index (χ0) is 25.9.